The second-order valence-electron chi connectivity index (χ2n) is 5.23. The molecular formula is C19H20BrNO3. The van der Waals surface area contributed by atoms with Crippen LogP contribution in [0.25, 0.3) is 0 Å². The van der Waals surface area contributed by atoms with Crippen LogP contribution in [0, 0.1) is 6.92 Å². The molecule has 0 unspecified atom stereocenters. The van der Waals surface area contributed by atoms with E-state index in [2.05, 4.69) is 33.4 Å². The van der Waals surface area contributed by atoms with E-state index in [4.69, 9.17) is 9.47 Å². The largest absolute Gasteiger partial charge is 0.463 e. The maximum atomic E-state index is 11.9. The number of ether oxygens (including phenoxy) is 2. The lowest BCUT2D eigenvalue weighted by molar-refractivity contribution is -0.138. The van der Waals surface area contributed by atoms with Gasteiger partial charge in [0.2, 0.25) is 5.76 Å². The third-order valence-electron chi connectivity index (χ3n) is 3.33. The van der Waals surface area contributed by atoms with Crippen molar-refractivity contribution in [3.8, 4) is 5.75 Å². The number of carbonyl (C=O) groups is 1. The number of hydrogen-bond donors (Lipinski definition) is 1. The zero-order valence-corrected chi connectivity index (χ0v) is 15.3. The molecule has 0 heterocycles. The minimum atomic E-state index is -0.533. The summed E-state index contributed by atoms with van der Waals surface area (Å²) in [5.41, 5.74) is 2.32. The summed E-state index contributed by atoms with van der Waals surface area (Å²) in [6.07, 6.45) is 2.39. The van der Waals surface area contributed by atoms with Gasteiger partial charge in [-0.1, -0.05) is 36.4 Å². The minimum absolute atomic E-state index is 0.107. The van der Waals surface area contributed by atoms with Crippen LogP contribution < -0.4 is 10.1 Å². The highest BCUT2D eigenvalue weighted by Gasteiger charge is 2.14. The molecule has 0 aliphatic heterocycles. The van der Waals surface area contributed by atoms with Crippen LogP contribution in [-0.2, 0) is 16.0 Å². The van der Waals surface area contributed by atoms with Crippen molar-refractivity contribution in [3.05, 3.63) is 76.1 Å². The number of carbonyl (C=O) groups excluding carboxylic acids is 1. The monoisotopic (exact) mass is 389 g/mol. The zero-order valence-electron chi connectivity index (χ0n) is 13.7. The molecule has 0 fully saturated rings. The molecule has 0 spiro atoms. The normalized spacial score (nSPS) is 11.0. The molecule has 0 amide bonds. The van der Waals surface area contributed by atoms with Crippen LogP contribution in [0.4, 0.5) is 0 Å². The molecule has 5 heteroatoms. The summed E-state index contributed by atoms with van der Waals surface area (Å²) >= 11 is 3.43. The van der Waals surface area contributed by atoms with E-state index in [1.807, 2.05) is 37.3 Å². The molecule has 1 N–H and O–H groups in total. The number of halogens is 1. The fourth-order valence-corrected chi connectivity index (χ4v) is 2.64. The van der Waals surface area contributed by atoms with Gasteiger partial charge in [0.05, 0.1) is 11.6 Å². The van der Waals surface area contributed by atoms with Crippen molar-refractivity contribution in [2.45, 2.75) is 13.3 Å². The van der Waals surface area contributed by atoms with Gasteiger partial charge in [0.1, 0.15) is 5.75 Å². The first-order chi connectivity index (χ1) is 11.6. The van der Waals surface area contributed by atoms with Crippen molar-refractivity contribution in [3.63, 3.8) is 0 Å². The van der Waals surface area contributed by atoms with E-state index in [-0.39, 0.29) is 5.76 Å². The van der Waals surface area contributed by atoms with Crippen molar-refractivity contribution >= 4 is 21.9 Å². The van der Waals surface area contributed by atoms with Gasteiger partial charge in [-0.15, -0.1) is 0 Å². The maximum absolute atomic E-state index is 11.9. The van der Waals surface area contributed by atoms with Crippen LogP contribution >= 0.6 is 15.9 Å². The molecule has 24 heavy (non-hydrogen) atoms. The lowest BCUT2D eigenvalue weighted by atomic mass is 10.1. The van der Waals surface area contributed by atoms with Gasteiger partial charge in [-0.25, -0.2) is 4.79 Å². The third-order valence-corrected chi connectivity index (χ3v) is 3.95. The molecule has 0 atom stereocenters. The maximum Gasteiger partial charge on any atom is 0.375 e. The van der Waals surface area contributed by atoms with Gasteiger partial charge >= 0.3 is 5.97 Å². The van der Waals surface area contributed by atoms with E-state index >= 15 is 0 Å². The Morgan fingerprint density at radius 1 is 1.21 bits per heavy atom. The van der Waals surface area contributed by atoms with Crippen molar-refractivity contribution in [1.29, 1.82) is 0 Å². The van der Waals surface area contributed by atoms with E-state index in [0.717, 1.165) is 16.5 Å². The van der Waals surface area contributed by atoms with Crippen LogP contribution in [0.5, 0.6) is 5.75 Å². The molecule has 2 aromatic rings. The Balaban J connectivity index is 2.00. The van der Waals surface area contributed by atoms with E-state index in [0.29, 0.717) is 12.3 Å². The summed E-state index contributed by atoms with van der Waals surface area (Å²) in [6, 6.07) is 15.8. The van der Waals surface area contributed by atoms with Gasteiger partial charge in [0.25, 0.3) is 0 Å². The summed E-state index contributed by atoms with van der Waals surface area (Å²) in [5.74, 6) is 0.131. The van der Waals surface area contributed by atoms with E-state index in [9.17, 15) is 4.79 Å². The van der Waals surface area contributed by atoms with Crippen LogP contribution in [0.2, 0.25) is 0 Å². The first-order valence-electron chi connectivity index (χ1n) is 7.60. The summed E-state index contributed by atoms with van der Waals surface area (Å²) < 4.78 is 11.2. The van der Waals surface area contributed by atoms with E-state index < -0.39 is 5.97 Å². The van der Waals surface area contributed by atoms with Crippen LogP contribution in [-0.4, -0.2) is 19.6 Å². The number of rotatable bonds is 7. The van der Waals surface area contributed by atoms with Crippen LogP contribution in [0.3, 0.4) is 0 Å². The van der Waals surface area contributed by atoms with Crippen molar-refractivity contribution in [2.24, 2.45) is 0 Å². The molecule has 0 aromatic heterocycles. The lowest BCUT2D eigenvalue weighted by Gasteiger charge is -2.11. The molecule has 0 saturated heterocycles. The number of aryl methyl sites for hydroxylation is 1. The Kier molecular flexibility index (Phi) is 6.88. The molecule has 2 aromatic carbocycles. The Morgan fingerprint density at radius 2 is 1.96 bits per heavy atom. The highest BCUT2D eigenvalue weighted by molar-refractivity contribution is 9.10. The van der Waals surface area contributed by atoms with Crippen molar-refractivity contribution in [1.82, 2.24) is 5.32 Å². The van der Waals surface area contributed by atoms with Gasteiger partial charge in [0, 0.05) is 12.7 Å². The third kappa shape index (κ3) is 5.42. The van der Waals surface area contributed by atoms with Gasteiger partial charge in [-0.05, 0) is 52.5 Å². The number of methoxy groups -OCH3 is 1. The van der Waals surface area contributed by atoms with Gasteiger partial charge in [-0.2, -0.15) is 0 Å². The molecule has 4 nitrogen and oxygen atoms in total. The van der Waals surface area contributed by atoms with Gasteiger partial charge < -0.3 is 14.8 Å². The fraction of sp³-hybridized carbons (Fsp3) is 0.211. The molecule has 2 rings (SSSR count). The molecule has 126 valence electrons. The highest BCUT2D eigenvalue weighted by Crippen LogP contribution is 2.27. The molecule has 0 aliphatic rings. The highest BCUT2D eigenvalue weighted by atomic mass is 79.9. The fourth-order valence-electron chi connectivity index (χ4n) is 2.06. The lowest BCUT2D eigenvalue weighted by Crippen LogP contribution is -2.17. The Labute approximate surface area is 150 Å². The average Bonchev–Trinajstić information content (AvgIpc) is 2.59. The SMILES string of the molecule is COC(=O)/C(=C\NCCc1ccccc1)Oc1ccc(C)cc1Br. The number of hydrogen-bond acceptors (Lipinski definition) is 4. The standard InChI is InChI=1S/C19H20BrNO3/c1-14-8-9-17(16(20)12-14)24-18(19(22)23-2)13-21-11-10-15-6-4-3-5-7-15/h3-9,12-13,21H,10-11H2,1-2H3/b18-13+. The number of benzene rings is 2. The number of nitrogens with one attached hydrogen (secondary N) is 1. The first kappa shape index (κ1) is 18.1. The Hall–Kier alpha value is -2.27. The molecule has 0 bridgehead atoms. The molecule has 0 aliphatic carbocycles. The average molecular weight is 390 g/mol. The summed E-state index contributed by atoms with van der Waals surface area (Å²) in [4.78, 5) is 11.9. The van der Waals surface area contributed by atoms with E-state index in [1.54, 1.807) is 12.3 Å². The van der Waals surface area contributed by atoms with Crippen LogP contribution in [0.15, 0.2) is 65.0 Å². The Bertz CT molecular complexity index is 714. The molecule has 0 radical (unpaired) electrons. The second kappa shape index (κ2) is 9.13. The van der Waals surface area contributed by atoms with Gasteiger partial charge in [-0.3, -0.25) is 0 Å². The van der Waals surface area contributed by atoms with Crippen LogP contribution in [0.1, 0.15) is 11.1 Å². The summed E-state index contributed by atoms with van der Waals surface area (Å²) in [5, 5.41) is 3.10. The Morgan fingerprint density at radius 3 is 2.62 bits per heavy atom. The van der Waals surface area contributed by atoms with E-state index in [1.165, 1.54) is 12.7 Å². The van der Waals surface area contributed by atoms with Crippen molar-refractivity contribution in [2.75, 3.05) is 13.7 Å². The number of esters is 1. The predicted molar refractivity (Wildman–Crippen MR) is 97.8 cm³/mol. The predicted octanol–water partition coefficient (Wildman–Crippen LogP) is 3.98. The zero-order chi connectivity index (χ0) is 17.4. The molecular weight excluding hydrogens is 370 g/mol. The van der Waals surface area contributed by atoms with Gasteiger partial charge in [0.15, 0.2) is 0 Å². The summed E-state index contributed by atoms with van der Waals surface area (Å²) in [7, 11) is 1.33. The topological polar surface area (TPSA) is 47.6 Å². The minimum Gasteiger partial charge on any atom is -0.463 e. The van der Waals surface area contributed by atoms with Crippen molar-refractivity contribution < 1.29 is 14.3 Å². The first-order valence-corrected chi connectivity index (χ1v) is 8.39. The summed E-state index contributed by atoms with van der Waals surface area (Å²) in [6.45, 7) is 2.67. The quantitative estimate of drug-likeness (QED) is 0.336. The second-order valence-corrected chi connectivity index (χ2v) is 6.08. The molecule has 0 saturated carbocycles. The smallest absolute Gasteiger partial charge is 0.375 e.